The van der Waals surface area contributed by atoms with E-state index in [0.29, 0.717) is 5.56 Å². The Morgan fingerprint density at radius 1 is 1.10 bits per heavy atom. The number of anilines is 1. The Morgan fingerprint density at radius 2 is 1.77 bits per heavy atom. The maximum absolute atomic E-state index is 13.4. The zero-order valence-corrected chi connectivity index (χ0v) is 17.7. The molecule has 2 atom stereocenters. The van der Waals surface area contributed by atoms with Gasteiger partial charge in [0.25, 0.3) is 0 Å². The number of carbonyl (C=O) groups excluding carboxylic acids is 1. The van der Waals surface area contributed by atoms with Gasteiger partial charge in [-0.25, -0.2) is 9.97 Å². The second-order valence-corrected chi connectivity index (χ2v) is 8.74. The molecule has 1 amide bonds. The van der Waals surface area contributed by atoms with Crippen molar-refractivity contribution in [3.05, 3.63) is 71.9 Å². The summed E-state index contributed by atoms with van der Waals surface area (Å²) in [5.41, 5.74) is 1.64. The van der Waals surface area contributed by atoms with Gasteiger partial charge in [-0.05, 0) is 38.0 Å². The average Bonchev–Trinajstić information content (AvgIpc) is 3.08. The molecule has 4 rings (SSSR count). The second kappa shape index (κ2) is 8.34. The summed E-state index contributed by atoms with van der Waals surface area (Å²) in [6.45, 7) is 3.63. The minimum Gasteiger partial charge on any atom is -0.308 e. The molecule has 3 aromatic rings. The lowest BCUT2D eigenvalue weighted by Crippen LogP contribution is -2.40. The number of amides is 1. The number of rotatable bonds is 4. The lowest BCUT2D eigenvalue weighted by Gasteiger charge is -2.25. The maximum atomic E-state index is 13.4. The number of benzene rings is 2. The van der Waals surface area contributed by atoms with E-state index in [1.165, 1.54) is 0 Å². The van der Waals surface area contributed by atoms with Crippen LogP contribution < -0.4 is 4.90 Å². The first-order valence-electron chi connectivity index (χ1n) is 9.83. The normalized spacial score (nSPS) is 16.8. The van der Waals surface area contributed by atoms with Gasteiger partial charge in [0, 0.05) is 17.3 Å². The summed E-state index contributed by atoms with van der Waals surface area (Å²) < 4.78 is 40.3. The molecule has 1 aliphatic heterocycles. The number of alkyl halides is 3. The van der Waals surface area contributed by atoms with Gasteiger partial charge in [0.05, 0.1) is 10.9 Å². The van der Waals surface area contributed by atoms with Gasteiger partial charge in [0.1, 0.15) is 5.69 Å². The van der Waals surface area contributed by atoms with E-state index in [1.807, 2.05) is 31.2 Å². The predicted octanol–water partition coefficient (Wildman–Crippen LogP) is 5.62. The maximum Gasteiger partial charge on any atom is 0.433 e. The molecule has 4 nitrogen and oxygen atoms in total. The fourth-order valence-corrected chi connectivity index (χ4v) is 4.52. The highest BCUT2D eigenvalue weighted by Gasteiger charge is 2.36. The van der Waals surface area contributed by atoms with Crippen LogP contribution in [0.5, 0.6) is 0 Å². The third-order valence-corrected chi connectivity index (χ3v) is 6.09. The number of aromatic nitrogens is 2. The van der Waals surface area contributed by atoms with Crippen molar-refractivity contribution in [3.8, 4) is 11.3 Å². The summed E-state index contributed by atoms with van der Waals surface area (Å²) in [6.07, 6.45) is -3.87. The fraction of sp³-hybridized carbons (Fsp3) is 0.261. The molecule has 0 saturated carbocycles. The zero-order valence-electron chi connectivity index (χ0n) is 16.9. The fourth-order valence-electron chi connectivity index (χ4n) is 3.69. The first-order valence-corrected chi connectivity index (χ1v) is 10.7. The first-order chi connectivity index (χ1) is 14.7. The first kappa shape index (κ1) is 21.4. The van der Waals surface area contributed by atoms with Crippen LogP contribution >= 0.6 is 11.8 Å². The van der Waals surface area contributed by atoms with Crippen molar-refractivity contribution < 1.29 is 18.0 Å². The van der Waals surface area contributed by atoms with Crippen LogP contribution in [-0.4, -0.2) is 27.2 Å². The lowest BCUT2D eigenvalue weighted by molar-refractivity contribution is -0.141. The van der Waals surface area contributed by atoms with Crippen LogP contribution in [0.25, 0.3) is 11.3 Å². The number of nitrogens with zero attached hydrogens (tertiary/aromatic N) is 3. The molecular weight excluding hydrogens is 423 g/mol. The Hall–Kier alpha value is -2.87. The van der Waals surface area contributed by atoms with Gasteiger partial charge in [0.2, 0.25) is 5.91 Å². The largest absolute Gasteiger partial charge is 0.433 e. The molecule has 8 heteroatoms. The third kappa shape index (κ3) is 4.44. The smallest absolute Gasteiger partial charge is 0.308 e. The minimum absolute atomic E-state index is 0.0183. The number of fused-ring (bicyclic) bond motifs is 1. The van der Waals surface area contributed by atoms with Crippen molar-refractivity contribution >= 4 is 23.4 Å². The molecule has 0 fully saturated rings. The third-order valence-electron chi connectivity index (χ3n) is 5.14. The van der Waals surface area contributed by atoms with Crippen LogP contribution in [-0.2, 0) is 17.4 Å². The molecule has 0 aliphatic carbocycles. The van der Waals surface area contributed by atoms with Crippen LogP contribution in [0.1, 0.15) is 25.1 Å². The minimum atomic E-state index is -4.61. The molecule has 0 N–H and O–H groups in total. The van der Waals surface area contributed by atoms with Crippen LogP contribution in [0.4, 0.5) is 18.9 Å². The van der Waals surface area contributed by atoms with Crippen LogP contribution in [0.15, 0.2) is 65.8 Å². The molecule has 0 unspecified atom stereocenters. The number of para-hydroxylation sites is 1. The highest BCUT2D eigenvalue weighted by Crippen LogP contribution is 2.36. The van der Waals surface area contributed by atoms with Gasteiger partial charge in [-0.1, -0.05) is 60.3 Å². The summed E-state index contributed by atoms with van der Waals surface area (Å²) in [7, 11) is 0. The standard InChI is InChI=1S/C23H20F3N3OS/c1-14-12-17-10-6-7-11-19(17)29(14)21(30)15(2)31-22-27-18(16-8-4-3-5-9-16)13-20(28-22)23(24,25)26/h3-11,13-15H,12H2,1-2H3/t14-,15+/m0/s1. The Kier molecular flexibility index (Phi) is 5.75. The summed E-state index contributed by atoms with van der Waals surface area (Å²) in [5, 5.41) is -0.727. The van der Waals surface area contributed by atoms with E-state index >= 15 is 0 Å². The van der Waals surface area contributed by atoms with Crippen LogP contribution in [0, 0.1) is 0 Å². The van der Waals surface area contributed by atoms with Gasteiger partial charge in [-0.15, -0.1) is 0 Å². The lowest BCUT2D eigenvalue weighted by atomic mass is 10.1. The molecule has 160 valence electrons. The number of halogens is 3. The summed E-state index contributed by atoms with van der Waals surface area (Å²) >= 11 is 0.941. The molecule has 1 aromatic heterocycles. The van der Waals surface area contributed by atoms with Crippen molar-refractivity contribution in [2.75, 3.05) is 4.90 Å². The summed E-state index contributed by atoms with van der Waals surface area (Å²) in [6, 6.07) is 17.2. The topological polar surface area (TPSA) is 46.1 Å². The second-order valence-electron chi connectivity index (χ2n) is 7.43. The van der Waals surface area contributed by atoms with E-state index in [2.05, 4.69) is 9.97 Å². The van der Waals surface area contributed by atoms with Crippen molar-refractivity contribution in [1.82, 2.24) is 9.97 Å². The Morgan fingerprint density at radius 3 is 2.48 bits per heavy atom. The van der Waals surface area contributed by atoms with Gasteiger partial charge >= 0.3 is 6.18 Å². The molecule has 0 radical (unpaired) electrons. The monoisotopic (exact) mass is 443 g/mol. The molecule has 0 spiro atoms. The highest BCUT2D eigenvalue weighted by molar-refractivity contribution is 8.00. The van der Waals surface area contributed by atoms with Crippen molar-refractivity contribution in [2.24, 2.45) is 0 Å². The molecule has 0 bridgehead atoms. The summed E-state index contributed by atoms with van der Waals surface area (Å²) in [5.74, 6) is -0.176. The zero-order chi connectivity index (χ0) is 22.2. The average molecular weight is 443 g/mol. The Balaban J connectivity index is 1.63. The van der Waals surface area contributed by atoms with Gasteiger partial charge < -0.3 is 4.90 Å². The van der Waals surface area contributed by atoms with E-state index in [4.69, 9.17) is 0 Å². The van der Waals surface area contributed by atoms with E-state index in [1.54, 1.807) is 42.2 Å². The molecule has 2 heterocycles. The SMILES string of the molecule is C[C@@H](Sc1nc(-c2ccccc2)cc(C(F)(F)F)n1)C(=O)N1c2ccccc2C[C@@H]1C. The number of hydrogen-bond donors (Lipinski definition) is 0. The molecular formula is C23H20F3N3OS. The van der Waals surface area contributed by atoms with E-state index < -0.39 is 17.1 Å². The predicted molar refractivity (Wildman–Crippen MR) is 115 cm³/mol. The van der Waals surface area contributed by atoms with Gasteiger partial charge in [0.15, 0.2) is 5.16 Å². The van der Waals surface area contributed by atoms with Gasteiger partial charge in [-0.2, -0.15) is 13.2 Å². The molecule has 2 aromatic carbocycles. The Labute approximate surface area is 182 Å². The Bertz CT molecular complexity index is 1100. The van der Waals surface area contributed by atoms with Gasteiger partial charge in [-0.3, -0.25) is 4.79 Å². The molecule has 1 aliphatic rings. The van der Waals surface area contributed by atoms with Crippen LogP contribution in [0.3, 0.4) is 0 Å². The quantitative estimate of drug-likeness (QED) is 0.388. The summed E-state index contributed by atoms with van der Waals surface area (Å²) in [4.78, 5) is 22.9. The number of thioether (sulfide) groups is 1. The van der Waals surface area contributed by atoms with Crippen molar-refractivity contribution in [1.29, 1.82) is 0 Å². The number of carbonyl (C=O) groups is 1. The molecule has 31 heavy (non-hydrogen) atoms. The molecule has 0 saturated heterocycles. The van der Waals surface area contributed by atoms with E-state index in [-0.39, 0.29) is 22.8 Å². The van der Waals surface area contributed by atoms with E-state index in [9.17, 15) is 18.0 Å². The van der Waals surface area contributed by atoms with Crippen molar-refractivity contribution in [3.63, 3.8) is 0 Å². The number of hydrogen-bond acceptors (Lipinski definition) is 4. The van der Waals surface area contributed by atoms with Crippen LogP contribution in [0.2, 0.25) is 0 Å². The highest BCUT2D eigenvalue weighted by atomic mass is 32.2. The van der Waals surface area contributed by atoms with E-state index in [0.717, 1.165) is 35.5 Å². The van der Waals surface area contributed by atoms with Crippen molar-refractivity contribution in [2.45, 2.75) is 42.9 Å².